The molecule has 0 fully saturated rings. The van der Waals surface area contributed by atoms with Crippen molar-refractivity contribution in [2.24, 2.45) is 0 Å². The van der Waals surface area contributed by atoms with E-state index >= 15 is 0 Å². The van der Waals surface area contributed by atoms with Crippen LogP contribution in [0.25, 0.3) is 0 Å². The highest BCUT2D eigenvalue weighted by Crippen LogP contribution is 2.34. The third kappa shape index (κ3) is 3.03. The molecule has 0 atom stereocenters. The monoisotopic (exact) mass is 345 g/mol. The van der Waals surface area contributed by atoms with Crippen molar-refractivity contribution in [2.45, 2.75) is 5.33 Å². The maximum atomic E-state index is 11.3. The number of rotatable bonds is 4. The Bertz CT molecular complexity index is 725. The minimum Gasteiger partial charge on any atom is -0.338 e. The number of benzene rings is 2. The predicted molar refractivity (Wildman–Crippen MR) is 84.9 cm³/mol. The van der Waals surface area contributed by atoms with Crippen molar-refractivity contribution < 1.29 is 4.92 Å². The molecule has 0 aromatic heterocycles. The van der Waals surface area contributed by atoms with Gasteiger partial charge in [0.25, 0.3) is 5.69 Å². The lowest BCUT2D eigenvalue weighted by molar-refractivity contribution is -0.384. The summed E-state index contributed by atoms with van der Waals surface area (Å²) in [5.74, 6) is 0. The molecule has 0 aliphatic rings. The number of nitrogens with zero attached hydrogens (tertiary/aromatic N) is 3. The van der Waals surface area contributed by atoms with E-state index in [0.29, 0.717) is 22.3 Å². The van der Waals surface area contributed by atoms with Gasteiger partial charge in [-0.15, -0.1) is 0 Å². The molecule has 0 bridgehead atoms. The van der Waals surface area contributed by atoms with Gasteiger partial charge < -0.3 is 4.90 Å². The summed E-state index contributed by atoms with van der Waals surface area (Å²) in [6, 6.07) is 14.2. The van der Waals surface area contributed by atoms with Crippen LogP contribution in [0.5, 0.6) is 0 Å². The van der Waals surface area contributed by atoms with Crippen LogP contribution in [0.2, 0.25) is 0 Å². The molecule has 0 aliphatic carbocycles. The zero-order chi connectivity index (χ0) is 15.4. The molecular weight excluding hydrogens is 334 g/mol. The number of halogens is 1. The molecule has 2 rings (SSSR count). The van der Waals surface area contributed by atoms with Gasteiger partial charge in [-0.2, -0.15) is 5.26 Å². The molecule has 0 spiro atoms. The van der Waals surface area contributed by atoms with Crippen molar-refractivity contribution in [2.75, 3.05) is 11.9 Å². The van der Waals surface area contributed by atoms with Gasteiger partial charge in [-0.1, -0.05) is 34.1 Å². The highest BCUT2D eigenvalue weighted by Gasteiger charge is 2.20. The largest absolute Gasteiger partial charge is 0.338 e. The Balaban J connectivity index is 2.56. The van der Waals surface area contributed by atoms with Crippen molar-refractivity contribution in [3.8, 4) is 6.07 Å². The summed E-state index contributed by atoms with van der Waals surface area (Å²) in [6.45, 7) is 0. The minimum atomic E-state index is -0.410. The van der Waals surface area contributed by atoms with Crippen LogP contribution in [0.15, 0.2) is 42.5 Å². The van der Waals surface area contributed by atoms with Crippen molar-refractivity contribution in [3.63, 3.8) is 0 Å². The third-order valence-electron chi connectivity index (χ3n) is 3.14. The average molecular weight is 346 g/mol. The Hall–Kier alpha value is -2.39. The van der Waals surface area contributed by atoms with Gasteiger partial charge in [0.05, 0.1) is 16.2 Å². The number of nitro benzene ring substituents is 1. The molecule has 0 unspecified atom stereocenters. The second-order valence-corrected chi connectivity index (χ2v) is 4.96. The molecule has 106 valence electrons. The summed E-state index contributed by atoms with van der Waals surface area (Å²) in [7, 11) is 1.71. The first-order chi connectivity index (χ1) is 10.1. The average Bonchev–Trinajstić information content (AvgIpc) is 2.53. The van der Waals surface area contributed by atoms with Gasteiger partial charge in [-0.3, -0.25) is 10.1 Å². The Morgan fingerprint density at radius 3 is 2.62 bits per heavy atom. The van der Waals surface area contributed by atoms with Crippen LogP contribution in [0.4, 0.5) is 17.1 Å². The molecule has 2 aromatic carbocycles. The number of nitro groups is 1. The van der Waals surface area contributed by atoms with E-state index in [0.717, 1.165) is 5.56 Å². The maximum absolute atomic E-state index is 11.3. The van der Waals surface area contributed by atoms with Crippen LogP contribution in [0.1, 0.15) is 11.1 Å². The summed E-state index contributed by atoms with van der Waals surface area (Å²) in [5.41, 5.74) is 2.40. The fraction of sp³-hybridized carbons (Fsp3) is 0.133. The predicted octanol–water partition coefficient (Wildman–Crippen LogP) is 4.13. The lowest BCUT2D eigenvalue weighted by Gasteiger charge is -2.20. The molecule has 0 aliphatic heterocycles. The number of anilines is 2. The molecule has 0 radical (unpaired) electrons. The number of hydrogen-bond donors (Lipinski definition) is 0. The molecule has 0 saturated heterocycles. The Morgan fingerprint density at radius 2 is 2.00 bits per heavy atom. The van der Waals surface area contributed by atoms with Gasteiger partial charge >= 0.3 is 0 Å². The van der Waals surface area contributed by atoms with Gasteiger partial charge in [-0.25, -0.2) is 0 Å². The molecule has 6 heteroatoms. The smallest absolute Gasteiger partial charge is 0.293 e. The summed E-state index contributed by atoms with van der Waals surface area (Å²) in [6.07, 6.45) is 0. The summed E-state index contributed by atoms with van der Waals surface area (Å²) in [4.78, 5) is 12.5. The van der Waals surface area contributed by atoms with Crippen LogP contribution in [0.3, 0.4) is 0 Å². The van der Waals surface area contributed by atoms with E-state index in [9.17, 15) is 10.1 Å². The van der Waals surface area contributed by atoms with Gasteiger partial charge in [0.2, 0.25) is 0 Å². The quantitative estimate of drug-likeness (QED) is 0.474. The fourth-order valence-electron chi connectivity index (χ4n) is 2.07. The zero-order valence-electron chi connectivity index (χ0n) is 11.3. The van der Waals surface area contributed by atoms with E-state index in [1.165, 1.54) is 6.07 Å². The molecule has 0 amide bonds. The van der Waals surface area contributed by atoms with Crippen LogP contribution in [-0.4, -0.2) is 12.0 Å². The van der Waals surface area contributed by atoms with E-state index in [1.54, 1.807) is 42.3 Å². The van der Waals surface area contributed by atoms with Crippen LogP contribution >= 0.6 is 15.9 Å². The van der Waals surface area contributed by atoms with Crippen LogP contribution < -0.4 is 4.90 Å². The highest BCUT2D eigenvalue weighted by molar-refractivity contribution is 9.08. The first kappa shape index (κ1) is 15.0. The fourth-order valence-corrected chi connectivity index (χ4v) is 2.42. The van der Waals surface area contributed by atoms with E-state index in [4.69, 9.17) is 5.26 Å². The molecule has 2 aromatic rings. The minimum absolute atomic E-state index is 0.0159. The summed E-state index contributed by atoms with van der Waals surface area (Å²) >= 11 is 3.29. The van der Waals surface area contributed by atoms with Crippen LogP contribution in [0, 0.1) is 21.4 Å². The normalized spacial score (nSPS) is 9.95. The first-order valence-electron chi connectivity index (χ1n) is 6.14. The molecule has 5 nitrogen and oxygen atoms in total. The Kier molecular flexibility index (Phi) is 4.55. The number of hydrogen-bond acceptors (Lipinski definition) is 4. The van der Waals surface area contributed by atoms with Crippen molar-refractivity contribution >= 4 is 33.0 Å². The van der Waals surface area contributed by atoms with Gasteiger partial charge in [-0.05, 0) is 23.8 Å². The Morgan fingerprint density at radius 1 is 1.29 bits per heavy atom. The third-order valence-corrected chi connectivity index (χ3v) is 3.79. The second kappa shape index (κ2) is 6.37. The van der Waals surface area contributed by atoms with Gasteiger partial charge in [0, 0.05) is 18.4 Å². The number of para-hydroxylation sites is 1. The van der Waals surface area contributed by atoms with Gasteiger partial charge in [0.1, 0.15) is 11.8 Å². The molecule has 21 heavy (non-hydrogen) atoms. The van der Waals surface area contributed by atoms with E-state index in [1.807, 2.05) is 6.07 Å². The molecule has 0 N–H and O–H groups in total. The van der Waals surface area contributed by atoms with E-state index in [-0.39, 0.29) is 5.69 Å². The summed E-state index contributed by atoms with van der Waals surface area (Å²) in [5, 5.41) is 21.0. The summed E-state index contributed by atoms with van der Waals surface area (Å²) < 4.78 is 0. The lowest BCUT2D eigenvalue weighted by atomic mass is 10.1. The standard InChI is InChI=1S/C15H12BrN3O2/c1-18(13-5-3-2-4-12(13)10-17)14-7-6-11(9-16)8-15(14)19(20)21/h2-8H,9H2,1H3. The maximum Gasteiger partial charge on any atom is 0.293 e. The molecular formula is C15H12BrN3O2. The highest BCUT2D eigenvalue weighted by atomic mass is 79.9. The SMILES string of the molecule is CN(c1ccccc1C#N)c1ccc(CBr)cc1[N+](=O)[O-]. The van der Waals surface area contributed by atoms with Crippen molar-refractivity contribution in [3.05, 3.63) is 63.7 Å². The lowest BCUT2D eigenvalue weighted by Crippen LogP contribution is -2.13. The zero-order valence-corrected chi connectivity index (χ0v) is 12.9. The molecule has 0 saturated carbocycles. The van der Waals surface area contributed by atoms with Crippen LogP contribution in [-0.2, 0) is 5.33 Å². The second-order valence-electron chi connectivity index (χ2n) is 4.40. The van der Waals surface area contributed by atoms with Crippen molar-refractivity contribution in [1.82, 2.24) is 0 Å². The number of nitriles is 1. The topological polar surface area (TPSA) is 70.2 Å². The Labute approximate surface area is 130 Å². The van der Waals surface area contributed by atoms with E-state index < -0.39 is 4.92 Å². The first-order valence-corrected chi connectivity index (χ1v) is 7.26. The van der Waals surface area contributed by atoms with E-state index in [2.05, 4.69) is 22.0 Å². The number of alkyl halides is 1. The van der Waals surface area contributed by atoms with Crippen molar-refractivity contribution in [1.29, 1.82) is 5.26 Å². The van der Waals surface area contributed by atoms with Gasteiger partial charge in [0.15, 0.2) is 0 Å². The molecule has 0 heterocycles.